The number of sulfonamides is 1. The molecule has 8 heteroatoms. The van der Waals surface area contributed by atoms with E-state index in [1.165, 1.54) is 11.1 Å². The van der Waals surface area contributed by atoms with Crippen LogP contribution in [0.4, 0.5) is 5.69 Å². The first-order valence-corrected chi connectivity index (χ1v) is 14.0. The zero-order valence-electron chi connectivity index (χ0n) is 20.5. The number of nitrogens with zero attached hydrogens (tertiary/aromatic N) is 2. The van der Waals surface area contributed by atoms with Crippen LogP contribution in [0.15, 0.2) is 73.1 Å². The number of para-hydroxylation sites is 2. The molecule has 0 bridgehead atoms. The van der Waals surface area contributed by atoms with Gasteiger partial charge < -0.3 is 18.9 Å². The van der Waals surface area contributed by atoms with Gasteiger partial charge >= 0.3 is 0 Å². The van der Waals surface area contributed by atoms with Crippen LogP contribution in [-0.4, -0.2) is 56.5 Å². The second-order valence-electron chi connectivity index (χ2n) is 9.15. The molecule has 0 radical (unpaired) electrons. The molecule has 7 nitrogen and oxygen atoms in total. The number of hydrogen-bond acceptors (Lipinski definition) is 5. The Morgan fingerprint density at radius 3 is 2.40 bits per heavy atom. The van der Waals surface area contributed by atoms with E-state index >= 15 is 0 Å². The Morgan fingerprint density at radius 1 is 1.00 bits per heavy atom. The minimum Gasteiger partial charge on any atom is -0.491 e. The molecule has 188 valence electrons. The number of nitrogens with one attached hydrogen (secondary N) is 1. The number of anilines is 1. The molecule has 1 saturated heterocycles. The van der Waals surface area contributed by atoms with Crippen molar-refractivity contribution in [2.45, 2.75) is 31.5 Å². The standard InChI is InChI=1S/C27H35N3O4S/c1-29-17-13-23(21-29)27(22-9-4-3-5-10-22)34-24-14-18-30(19-15-24)16-8-20-33-26-12-7-6-11-25(26)28-35(2,31)32/h3-7,9-13,17,21,24,27-28H,8,14-16,18-20H2,1-2H3. The quantitative estimate of drug-likeness (QED) is 0.397. The fraction of sp³-hybridized carbons (Fsp3) is 0.407. The number of ether oxygens (including phenoxy) is 2. The first-order chi connectivity index (χ1) is 16.9. The lowest BCUT2D eigenvalue weighted by atomic mass is 10.0. The van der Waals surface area contributed by atoms with E-state index in [9.17, 15) is 8.42 Å². The zero-order valence-corrected chi connectivity index (χ0v) is 21.3. The van der Waals surface area contributed by atoms with Crippen LogP contribution >= 0.6 is 0 Å². The summed E-state index contributed by atoms with van der Waals surface area (Å²) >= 11 is 0. The number of hydrogen-bond donors (Lipinski definition) is 1. The highest BCUT2D eigenvalue weighted by Gasteiger charge is 2.25. The van der Waals surface area contributed by atoms with Gasteiger partial charge in [-0.15, -0.1) is 0 Å². The number of aromatic nitrogens is 1. The first kappa shape index (κ1) is 25.3. The molecule has 2 heterocycles. The summed E-state index contributed by atoms with van der Waals surface area (Å²) in [7, 11) is -1.31. The Kier molecular flexibility index (Phi) is 8.49. The summed E-state index contributed by atoms with van der Waals surface area (Å²) in [6.07, 6.45) is 8.38. The van der Waals surface area contributed by atoms with Crippen LogP contribution in [0.5, 0.6) is 5.75 Å². The van der Waals surface area contributed by atoms with Gasteiger partial charge in [-0.2, -0.15) is 0 Å². The Hall–Kier alpha value is -2.81. The predicted molar refractivity (Wildman–Crippen MR) is 139 cm³/mol. The summed E-state index contributed by atoms with van der Waals surface area (Å²) in [6, 6.07) is 19.7. The van der Waals surface area contributed by atoms with E-state index in [-0.39, 0.29) is 12.2 Å². The Balaban J connectivity index is 1.24. The summed E-state index contributed by atoms with van der Waals surface area (Å²) in [5.74, 6) is 0.554. The molecule has 1 aromatic heterocycles. The highest BCUT2D eigenvalue weighted by Crippen LogP contribution is 2.30. The van der Waals surface area contributed by atoms with Crippen LogP contribution in [0.2, 0.25) is 0 Å². The van der Waals surface area contributed by atoms with Gasteiger partial charge in [0.2, 0.25) is 10.0 Å². The largest absolute Gasteiger partial charge is 0.491 e. The normalized spacial score (nSPS) is 16.2. The Bertz CT molecular complexity index is 1170. The van der Waals surface area contributed by atoms with Gasteiger partial charge in [-0.1, -0.05) is 42.5 Å². The average Bonchev–Trinajstić information content (AvgIpc) is 3.27. The van der Waals surface area contributed by atoms with Crippen LogP contribution in [0.3, 0.4) is 0 Å². The number of aryl methyl sites for hydroxylation is 1. The molecule has 1 aliphatic heterocycles. The van der Waals surface area contributed by atoms with Gasteiger partial charge in [0.15, 0.2) is 0 Å². The van der Waals surface area contributed by atoms with Crippen molar-refractivity contribution in [2.24, 2.45) is 7.05 Å². The molecule has 0 aliphatic carbocycles. The molecule has 0 saturated carbocycles. The second-order valence-corrected chi connectivity index (χ2v) is 10.9. The molecule has 1 aliphatic rings. The fourth-order valence-corrected chi connectivity index (χ4v) is 5.03. The third-order valence-corrected chi connectivity index (χ3v) is 6.77. The Labute approximate surface area is 208 Å². The maximum atomic E-state index is 11.6. The van der Waals surface area contributed by atoms with Crippen LogP contribution in [-0.2, 0) is 21.8 Å². The summed E-state index contributed by atoms with van der Waals surface area (Å²) < 4.78 is 40.2. The van der Waals surface area contributed by atoms with Crippen molar-refractivity contribution >= 4 is 15.7 Å². The number of likely N-dealkylation sites (tertiary alicyclic amines) is 1. The molecule has 0 spiro atoms. The van der Waals surface area contributed by atoms with E-state index in [4.69, 9.17) is 9.47 Å². The summed E-state index contributed by atoms with van der Waals surface area (Å²) in [5.41, 5.74) is 2.84. The van der Waals surface area contributed by atoms with E-state index in [1.807, 2.05) is 19.2 Å². The van der Waals surface area contributed by atoms with Crippen molar-refractivity contribution in [1.29, 1.82) is 0 Å². The molecule has 1 atom stereocenters. The van der Waals surface area contributed by atoms with Crippen LogP contribution in [0, 0.1) is 0 Å². The molecule has 1 unspecified atom stereocenters. The van der Waals surface area contributed by atoms with Gasteiger partial charge in [0.1, 0.15) is 11.9 Å². The second kappa shape index (κ2) is 11.7. The molecule has 35 heavy (non-hydrogen) atoms. The molecular formula is C27H35N3O4S. The monoisotopic (exact) mass is 497 g/mol. The average molecular weight is 498 g/mol. The van der Waals surface area contributed by atoms with Gasteiger partial charge in [0.25, 0.3) is 0 Å². The number of rotatable bonds is 11. The van der Waals surface area contributed by atoms with Crippen molar-refractivity contribution in [2.75, 3.05) is 37.2 Å². The summed E-state index contributed by atoms with van der Waals surface area (Å²) in [5, 5.41) is 0. The lowest BCUT2D eigenvalue weighted by Gasteiger charge is -2.34. The van der Waals surface area contributed by atoms with E-state index in [0.29, 0.717) is 18.0 Å². The lowest BCUT2D eigenvalue weighted by Crippen LogP contribution is -2.38. The van der Waals surface area contributed by atoms with Crippen molar-refractivity contribution in [3.05, 3.63) is 84.2 Å². The number of benzene rings is 2. The molecule has 1 fully saturated rings. The van der Waals surface area contributed by atoms with Crippen molar-refractivity contribution < 1.29 is 17.9 Å². The minimum atomic E-state index is -3.35. The molecular weight excluding hydrogens is 462 g/mol. The minimum absolute atomic E-state index is 0.0528. The van der Waals surface area contributed by atoms with Crippen LogP contribution in [0.1, 0.15) is 36.5 Å². The molecule has 3 aromatic rings. The smallest absolute Gasteiger partial charge is 0.229 e. The van der Waals surface area contributed by atoms with Crippen molar-refractivity contribution in [1.82, 2.24) is 9.47 Å². The maximum Gasteiger partial charge on any atom is 0.229 e. The van der Waals surface area contributed by atoms with Gasteiger partial charge in [-0.3, -0.25) is 4.72 Å². The summed E-state index contributed by atoms with van der Waals surface area (Å²) in [6.45, 7) is 3.46. The van der Waals surface area contributed by atoms with Crippen LogP contribution < -0.4 is 9.46 Å². The van der Waals surface area contributed by atoms with E-state index in [0.717, 1.165) is 45.2 Å². The summed E-state index contributed by atoms with van der Waals surface area (Å²) in [4.78, 5) is 2.45. The van der Waals surface area contributed by atoms with Gasteiger partial charge in [0.05, 0.1) is 24.7 Å². The van der Waals surface area contributed by atoms with Crippen molar-refractivity contribution in [3.8, 4) is 5.75 Å². The highest BCUT2D eigenvalue weighted by molar-refractivity contribution is 7.92. The first-order valence-electron chi connectivity index (χ1n) is 12.1. The van der Waals surface area contributed by atoms with Gasteiger partial charge in [-0.05, 0) is 43.0 Å². The predicted octanol–water partition coefficient (Wildman–Crippen LogP) is 4.44. The Morgan fingerprint density at radius 2 is 1.71 bits per heavy atom. The van der Waals surface area contributed by atoms with E-state index in [2.05, 4.69) is 56.9 Å². The highest BCUT2D eigenvalue weighted by atomic mass is 32.2. The fourth-order valence-electron chi connectivity index (χ4n) is 4.47. The lowest BCUT2D eigenvalue weighted by molar-refractivity contribution is -0.0273. The SMILES string of the molecule is Cn1ccc(C(OC2CCN(CCCOc3ccccc3NS(C)(=O)=O)CC2)c2ccccc2)c1. The molecule has 1 N–H and O–H groups in total. The molecule has 2 aromatic carbocycles. The topological polar surface area (TPSA) is 72.8 Å². The molecule has 4 rings (SSSR count). The van der Waals surface area contributed by atoms with Gasteiger partial charge in [-0.25, -0.2) is 8.42 Å². The van der Waals surface area contributed by atoms with Gasteiger partial charge in [0, 0.05) is 44.6 Å². The zero-order chi connectivity index (χ0) is 24.7. The number of piperidine rings is 1. The third kappa shape index (κ3) is 7.59. The van der Waals surface area contributed by atoms with E-state index < -0.39 is 10.0 Å². The molecule has 0 amide bonds. The third-order valence-electron chi connectivity index (χ3n) is 6.18. The maximum absolute atomic E-state index is 11.6. The van der Waals surface area contributed by atoms with Crippen molar-refractivity contribution in [3.63, 3.8) is 0 Å². The van der Waals surface area contributed by atoms with E-state index in [1.54, 1.807) is 18.2 Å². The van der Waals surface area contributed by atoms with Crippen LogP contribution in [0.25, 0.3) is 0 Å².